The lowest BCUT2D eigenvalue weighted by atomic mass is 9.95. The third kappa shape index (κ3) is 4.98. The van der Waals surface area contributed by atoms with Crippen LogP contribution in [-0.4, -0.2) is 55.3 Å². The molecule has 1 amide bonds. The van der Waals surface area contributed by atoms with Crippen LogP contribution < -0.4 is 15.0 Å². The number of nitrogens with one attached hydrogen (secondary N) is 1. The number of methoxy groups -OCH3 is 1. The van der Waals surface area contributed by atoms with Crippen LogP contribution in [0.25, 0.3) is 0 Å². The first-order chi connectivity index (χ1) is 12.2. The van der Waals surface area contributed by atoms with Crippen molar-refractivity contribution in [2.45, 2.75) is 38.6 Å². The number of halogens is 1. The highest BCUT2D eigenvalue weighted by molar-refractivity contribution is 5.85. The highest BCUT2D eigenvalue weighted by Gasteiger charge is 2.36. The molecule has 0 spiro atoms. The molecule has 1 aromatic rings. The molecule has 2 aliphatic rings. The molecule has 146 valence electrons. The van der Waals surface area contributed by atoms with Crippen LogP contribution in [0, 0.1) is 11.8 Å². The second kappa shape index (κ2) is 9.92. The van der Waals surface area contributed by atoms with Gasteiger partial charge in [-0.1, -0.05) is 13.3 Å². The molecule has 0 aromatic carbocycles. The minimum atomic E-state index is 0. The van der Waals surface area contributed by atoms with Crippen LogP contribution in [0.15, 0.2) is 12.3 Å². The number of rotatable bonds is 6. The van der Waals surface area contributed by atoms with E-state index in [2.05, 4.69) is 27.1 Å². The van der Waals surface area contributed by atoms with Crippen molar-refractivity contribution in [3.05, 3.63) is 12.3 Å². The summed E-state index contributed by atoms with van der Waals surface area (Å²) >= 11 is 0. The van der Waals surface area contributed by atoms with Gasteiger partial charge in [-0.3, -0.25) is 4.79 Å². The molecule has 0 bridgehead atoms. The van der Waals surface area contributed by atoms with Gasteiger partial charge in [0.2, 0.25) is 17.7 Å². The zero-order valence-electron chi connectivity index (χ0n) is 15.5. The van der Waals surface area contributed by atoms with Crippen molar-refractivity contribution in [1.29, 1.82) is 0 Å². The van der Waals surface area contributed by atoms with E-state index >= 15 is 0 Å². The first-order valence-electron chi connectivity index (χ1n) is 9.21. The van der Waals surface area contributed by atoms with E-state index < -0.39 is 0 Å². The first-order valence-corrected chi connectivity index (χ1v) is 9.21. The van der Waals surface area contributed by atoms with Crippen LogP contribution in [0.4, 0.5) is 5.95 Å². The van der Waals surface area contributed by atoms with Crippen molar-refractivity contribution in [3.63, 3.8) is 0 Å². The Morgan fingerprint density at radius 2 is 2.15 bits per heavy atom. The summed E-state index contributed by atoms with van der Waals surface area (Å²) in [6.07, 6.45) is 5.53. The van der Waals surface area contributed by atoms with Crippen LogP contribution in [0.2, 0.25) is 0 Å². The van der Waals surface area contributed by atoms with Gasteiger partial charge in [0.15, 0.2) is 0 Å². The Hall–Kier alpha value is -1.60. The second-order valence-electron chi connectivity index (χ2n) is 6.85. The molecule has 0 radical (unpaired) electrons. The summed E-state index contributed by atoms with van der Waals surface area (Å²) in [5, 5.41) is 3.29. The average molecular weight is 385 g/mol. The van der Waals surface area contributed by atoms with Gasteiger partial charge in [0.05, 0.1) is 13.2 Å². The molecular formula is C18H29ClN4O3. The van der Waals surface area contributed by atoms with Crippen LogP contribution in [-0.2, 0) is 9.53 Å². The van der Waals surface area contributed by atoms with Crippen LogP contribution >= 0.6 is 12.4 Å². The Labute approximate surface area is 161 Å². The fraction of sp³-hybridized carbons (Fsp3) is 0.722. The fourth-order valence-electron chi connectivity index (χ4n) is 3.72. The number of ether oxygens (including phenoxy) is 2. The second-order valence-corrected chi connectivity index (χ2v) is 6.85. The summed E-state index contributed by atoms with van der Waals surface area (Å²) in [4.78, 5) is 23.6. The van der Waals surface area contributed by atoms with Crippen molar-refractivity contribution >= 4 is 24.3 Å². The first kappa shape index (κ1) is 20.7. The van der Waals surface area contributed by atoms with Gasteiger partial charge in [-0.2, -0.15) is 4.98 Å². The molecule has 2 atom stereocenters. The monoisotopic (exact) mass is 384 g/mol. The molecular weight excluding hydrogens is 356 g/mol. The van der Waals surface area contributed by atoms with Gasteiger partial charge in [-0.15, -0.1) is 12.4 Å². The molecule has 1 N–H and O–H groups in total. The molecule has 2 aliphatic heterocycles. The summed E-state index contributed by atoms with van der Waals surface area (Å²) in [5.41, 5.74) is 0. The summed E-state index contributed by atoms with van der Waals surface area (Å²) in [6.45, 7) is 5.16. The quantitative estimate of drug-likeness (QED) is 0.808. The standard InChI is InChI=1S/C18H28N4O3.ClH/c1-3-4-14-11-22(18-19-8-5-16(21-18)24-2)12-15(14)20-17(23)13-6-9-25-10-7-13;/h5,8,13-15H,3-4,6-7,9-12H2,1-2H3,(H,20,23);1H/t14-,15-;/m0./s1. The maximum absolute atomic E-state index is 12.6. The Morgan fingerprint density at radius 1 is 1.38 bits per heavy atom. The lowest BCUT2D eigenvalue weighted by molar-refractivity contribution is -0.128. The molecule has 3 rings (SSSR count). The number of hydrogen-bond acceptors (Lipinski definition) is 6. The third-order valence-corrected chi connectivity index (χ3v) is 5.13. The molecule has 3 heterocycles. The number of nitrogens with zero attached hydrogens (tertiary/aromatic N) is 3. The number of hydrogen-bond donors (Lipinski definition) is 1. The summed E-state index contributed by atoms with van der Waals surface area (Å²) in [5.74, 6) is 1.90. The molecule has 2 saturated heterocycles. The third-order valence-electron chi connectivity index (χ3n) is 5.13. The molecule has 26 heavy (non-hydrogen) atoms. The van der Waals surface area contributed by atoms with Crippen LogP contribution in [0.1, 0.15) is 32.6 Å². The predicted octanol–water partition coefficient (Wildman–Crippen LogP) is 2.05. The maximum atomic E-state index is 12.6. The Morgan fingerprint density at radius 3 is 2.85 bits per heavy atom. The Kier molecular flexibility index (Phi) is 7.90. The van der Waals surface area contributed by atoms with Crippen molar-refractivity contribution < 1.29 is 14.3 Å². The summed E-state index contributed by atoms with van der Waals surface area (Å²) < 4.78 is 10.6. The number of carbonyl (C=O) groups excluding carboxylic acids is 1. The van der Waals surface area contributed by atoms with E-state index in [4.69, 9.17) is 9.47 Å². The molecule has 2 fully saturated rings. The fourth-order valence-corrected chi connectivity index (χ4v) is 3.72. The Balaban J connectivity index is 0.00000243. The molecule has 8 heteroatoms. The largest absolute Gasteiger partial charge is 0.481 e. The highest BCUT2D eigenvalue weighted by Crippen LogP contribution is 2.26. The van der Waals surface area contributed by atoms with Gasteiger partial charge in [0.1, 0.15) is 0 Å². The van der Waals surface area contributed by atoms with E-state index in [1.165, 1.54) is 0 Å². The average Bonchev–Trinajstić information content (AvgIpc) is 3.05. The smallest absolute Gasteiger partial charge is 0.228 e. The van der Waals surface area contributed by atoms with E-state index in [9.17, 15) is 4.79 Å². The predicted molar refractivity (Wildman–Crippen MR) is 102 cm³/mol. The maximum Gasteiger partial charge on any atom is 0.228 e. The van der Waals surface area contributed by atoms with E-state index in [0.29, 0.717) is 31.0 Å². The SMILES string of the molecule is CCC[C@H]1CN(c2nccc(OC)n2)C[C@@H]1NC(=O)C1CCOCC1.Cl. The van der Waals surface area contributed by atoms with Crippen molar-refractivity contribution in [1.82, 2.24) is 15.3 Å². The summed E-state index contributed by atoms with van der Waals surface area (Å²) in [7, 11) is 1.60. The van der Waals surface area contributed by atoms with Gasteiger partial charge in [-0.05, 0) is 25.2 Å². The van der Waals surface area contributed by atoms with Gasteiger partial charge in [-0.25, -0.2) is 4.98 Å². The molecule has 1 aromatic heterocycles. The zero-order chi connectivity index (χ0) is 17.6. The molecule has 0 unspecified atom stereocenters. The van der Waals surface area contributed by atoms with Crippen molar-refractivity contribution in [2.24, 2.45) is 11.8 Å². The van der Waals surface area contributed by atoms with Crippen molar-refractivity contribution in [2.75, 3.05) is 38.3 Å². The highest BCUT2D eigenvalue weighted by atomic mass is 35.5. The number of anilines is 1. The molecule has 0 aliphatic carbocycles. The lowest BCUT2D eigenvalue weighted by Crippen LogP contribution is -2.44. The van der Waals surface area contributed by atoms with E-state index in [0.717, 1.165) is 38.8 Å². The topological polar surface area (TPSA) is 76.6 Å². The van der Waals surface area contributed by atoms with E-state index in [-0.39, 0.29) is 30.3 Å². The minimum absolute atomic E-state index is 0. The summed E-state index contributed by atoms with van der Waals surface area (Å²) in [6, 6.07) is 1.89. The van der Waals surface area contributed by atoms with Gasteiger partial charge < -0.3 is 19.7 Å². The number of amides is 1. The van der Waals surface area contributed by atoms with Gasteiger partial charge >= 0.3 is 0 Å². The number of aromatic nitrogens is 2. The normalized spacial score (nSPS) is 23.4. The zero-order valence-corrected chi connectivity index (χ0v) is 16.3. The van der Waals surface area contributed by atoms with Gasteiger partial charge in [0, 0.05) is 44.5 Å². The van der Waals surface area contributed by atoms with Gasteiger partial charge in [0.25, 0.3) is 0 Å². The van der Waals surface area contributed by atoms with E-state index in [1.807, 2.05) is 0 Å². The minimum Gasteiger partial charge on any atom is -0.481 e. The Bertz CT molecular complexity index is 583. The molecule has 0 saturated carbocycles. The lowest BCUT2D eigenvalue weighted by Gasteiger charge is -2.25. The van der Waals surface area contributed by atoms with E-state index in [1.54, 1.807) is 19.4 Å². The van der Waals surface area contributed by atoms with Crippen LogP contribution in [0.5, 0.6) is 5.88 Å². The van der Waals surface area contributed by atoms with Crippen LogP contribution in [0.3, 0.4) is 0 Å². The number of carbonyl (C=O) groups is 1. The van der Waals surface area contributed by atoms with Crippen molar-refractivity contribution in [3.8, 4) is 5.88 Å². The molecule has 7 nitrogen and oxygen atoms in total.